The fourth-order valence-electron chi connectivity index (χ4n) is 5.89. The second-order valence-corrected chi connectivity index (χ2v) is 15.2. The molecule has 41 heavy (non-hydrogen) atoms. The van der Waals surface area contributed by atoms with E-state index >= 15 is 0 Å². The standard InChI is InChI=1S/C30H36ClN7OS2/c1-6-21-24(31)23(9-13-33-21)40-25-19(2)35-28(38-17-14-34-27(25)38)37-15-10-30(11-16-37)18-22-20(8-7-12-32-22)26(30)36-41(39)29(3,4)5/h7-9,12-14,17,26,36H,6,10-11,15-16,18H2,1-5H3/t26-,41+/m1/s1/i1D3. The van der Waals surface area contributed by atoms with Crippen LogP contribution in [0, 0.1) is 12.3 Å². The predicted octanol–water partition coefficient (Wildman–Crippen LogP) is 6.13. The highest BCUT2D eigenvalue weighted by molar-refractivity contribution is 7.99. The van der Waals surface area contributed by atoms with E-state index in [2.05, 4.69) is 25.7 Å². The maximum absolute atomic E-state index is 13.3. The van der Waals surface area contributed by atoms with Crippen molar-refractivity contribution in [2.75, 3.05) is 18.0 Å². The number of nitrogens with zero attached hydrogens (tertiary/aromatic N) is 6. The van der Waals surface area contributed by atoms with Gasteiger partial charge in [-0.05, 0) is 76.5 Å². The lowest BCUT2D eigenvalue weighted by atomic mass is 9.73. The molecule has 0 radical (unpaired) electrons. The Kier molecular flexibility index (Phi) is 6.68. The van der Waals surface area contributed by atoms with Crippen molar-refractivity contribution in [3.8, 4) is 0 Å². The first-order chi connectivity index (χ1) is 20.8. The fourth-order valence-corrected chi connectivity index (χ4v) is 8.12. The first kappa shape index (κ1) is 25.0. The molecule has 1 aliphatic heterocycles. The molecule has 1 aliphatic carbocycles. The Morgan fingerprint density at radius 1 is 1.20 bits per heavy atom. The van der Waals surface area contributed by atoms with Crippen LogP contribution < -0.4 is 9.62 Å². The Hall–Kier alpha value is -2.53. The zero-order valence-electron chi connectivity index (χ0n) is 26.6. The van der Waals surface area contributed by atoms with E-state index < -0.39 is 17.8 Å². The van der Waals surface area contributed by atoms with Crippen LogP contribution in [0.4, 0.5) is 5.95 Å². The number of piperidine rings is 1. The maximum atomic E-state index is 13.3. The molecular formula is C30H36ClN7OS2. The summed E-state index contributed by atoms with van der Waals surface area (Å²) in [7, 11) is -1.21. The number of imidazole rings is 1. The van der Waals surface area contributed by atoms with Crippen LogP contribution in [-0.2, 0) is 23.8 Å². The molecule has 5 heterocycles. The van der Waals surface area contributed by atoms with Crippen molar-refractivity contribution in [1.82, 2.24) is 29.1 Å². The third-order valence-electron chi connectivity index (χ3n) is 8.15. The van der Waals surface area contributed by atoms with Gasteiger partial charge in [-0.15, -0.1) is 0 Å². The second-order valence-electron chi connectivity index (χ2n) is 11.8. The summed E-state index contributed by atoms with van der Waals surface area (Å²) in [4.78, 5) is 22.5. The number of nitrogens with one attached hydrogen (secondary N) is 1. The molecule has 0 amide bonds. The largest absolute Gasteiger partial charge is 0.342 e. The van der Waals surface area contributed by atoms with E-state index in [1.54, 1.807) is 18.5 Å². The first-order valence-corrected chi connectivity index (χ1v) is 16.1. The lowest BCUT2D eigenvalue weighted by Crippen LogP contribution is -2.48. The molecule has 216 valence electrons. The number of aromatic nitrogens is 5. The van der Waals surface area contributed by atoms with Crippen molar-refractivity contribution in [2.24, 2.45) is 5.41 Å². The molecule has 4 aromatic rings. The van der Waals surface area contributed by atoms with Crippen molar-refractivity contribution >= 4 is 45.9 Å². The Labute approximate surface area is 257 Å². The van der Waals surface area contributed by atoms with Gasteiger partial charge in [0.25, 0.3) is 0 Å². The molecule has 1 fully saturated rings. The number of hydrogen-bond donors (Lipinski definition) is 1. The summed E-state index contributed by atoms with van der Waals surface area (Å²) >= 11 is 8.06. The molecule has 0 unspecified atom stereocenters. The third kappa shape index (κ3) is 5.17. The summed E-state index contributed by atoms with van der Waals surface area (Å²) in [5.41, 5.74) is 4.09. The van der Waals surface area contributed by atoms with E-state index in [9.17, 15) is 4.21 Å². The van der Waals surface area contributed by atoms with Crippen LogP contribution in [0.1, 0.15) is 73.3 Å². The molecule has 4 aromatic heterocycles. The minimum atomic E-state index is -2.17. The van der Waals surface area contributed by atoms with Crippen LogP contribution in [-0.4, -0.2) is 46.4 Å². The van der Waals surface area contributed by atoms with Crippen LogP contribution in [0.25, 0.3) is 5.65 Å². The molecular weight excluding hydrogens is 574 g/mol. The molecule has 1 N–H and O–H groups in total. The molecule has 0 saturated carbocycles. The van der Waals surface area contributed by atoms with Gasteiger partial charge in [0.1, 0.15) is 0 Å². The van der Waals surface area contributed by atoms with E-state index in [0.717, 1.165) is 65.8 Å². The number of anilines is 1. The molecule has 11 heteroatoms. The summed E-state index contributed by atoms with van der Waals surface area (Å²) < 4.78 is 41.3. The van der Waals surface area contributed by atoms with Gasteiger partial charge < -0.3 is 4.90 Å². The topological polar surface area (TPSA) is 88.3 Å². The maximum Gasteiger partial charge on any atom is 0.211 e. The molecule has 1 spiro atoms. The summed E-state index contributed by atoms with van der Waals surface area (Å²) in [6.07, 6.45) is 9.58. The van der Waals surface area contributed by atoms with Crippen molar-refractivity contribution in [3.05, 3.63) is 70.7 Å². The van der Waals surface area contributed by atoms with Gasteiger partial charge in [-0.2, -0.15) is 0 Å². The highest BCUT2D eigenvalue weighted by Gasteiger charge is 2.49. The van der Waals surface area contributed by atoms with Crippen molar-refractivity contribution in [1.29, 1.82) is 0 Å². The van der Waals surface area contributed by atoms with Crippen LogP contribution in [0.5, 0.6) is 0 Å². The zero-order valence-corrected chi connectivity index (χ0v) is 26.0. The molecule has 6 rings (SSSR count). The van der Waals surface area contributed by atoms with E-state index in [1.165, 1.54) is 11.8 Å². The van der Waals surface area contributed by atoms with Gasteiger partial charge >= 0.3 is 0 Å². The fraction of sp³-hybridized carbons (Fsp3) is 0.467. The zero-order chi connectivity index (χ0) is 31.4. The second kappa shape index (κ2) is 10.9. The van der Waals surface area contributed by atoms with Gasteiger partial charge in [0.05, 0.1) is 43.1 Å². The molecule has 2 aliphatic rings. The van der Waals surface area contributed by atoms with Gasteiger partial charge in [0.15, 0.2) is 5.65 Å². The summed E-state index contributed by atoms with van der Waals surface area (Å²) in [6, 6.07) is 5.85. The normalized spacial score (nSPS) is 20.6. The van der Waals surface area contributed by atoms with Crippen LogP contribution in [0.15, 0.2) is 52.8 Å². The summed E-state index contributed by atoms with van der Waals surface area (Å²) in [6.45, 7) is 7.36. The van der Waals surface area contributed by atoms with E-state index in [0.29, 0.717) is 15.6 Å². The number of halogens is 1. The third-order valence-corrected chi connectivity index (χ3v) is 11.5. The highest BCUT2D eigenvalue weighted by atomic mass is 35.5. The Morgan fingerprint density at radius 3 is 2.76 bits per heavy atom. The molecule has 0 aromatic carbocycles. The predicted molar refractivity (Wildman–Crippen MR) is 166 cm³/mol. The van der Waals surface area contributed by atoms with Gasteiger partial charge in [0, 0.05) is 52.6 Å². The van der Waals surface area contributed by atoms with Crippen molar-refractivity contribution in [3.63, 3.8) is 0 Å². The number of rotatable bonds is 6. The van der Waals surface area contributed by atoms with Gasteiger partial charge in [-0.3, -0.25) is 14.4 Å². The quantitative estimate of drug-likeness (QED) is 0.280. The lowest BCUT2D eigenvalue weighted by Gasteiger charge is -2.44. The highest BCUT2D eigenvalue weighted by Crippen LogP contribution is 2.52. The Bertz CT molecular complexity index is 1730. The average Bonchev–Trinajstić information content (AvgIpc) is 3.55. The van der Waals surface area contributed by atoms with Gasteiger partial charge in [0.2, 0.25) is 5.95 Å². The van der Waals surface area contributed by atoms with Crippen molar-refractivity contribution < 1.29 is 8.32 Å². The average molecular weight is 613 g/mol. The summed E-state index contributed by atoms with van der Waals surface area (Å²) in [5, 5.41) is 0.339. The van der Waals surface area contributed by atoms with Crippen LogP contribution in [0.2, 0.25) is 5.02 Å². The minimum Gasteiger partial charge on any atom is -0.342 e. The lowest BCUT2D eigenvalue weighted by molar-refractivity contribution is 0.176. The number of aryl methyl sites for hydroxylation is 2. The van der Waals surface area contributed by atoms with Crippen LogP contribution in [0.3, 0.4) is 0 Å². The number of fused-ring (bicyclic) bond motifs is 2. The number of pyridine rings is 2. The first-order valence-electron chi connectivity index (χ1n) is 15.3. The Balaban J connectivity index is 1.26. The summed E-state index contributed by atoms with van der Waals surface area (Å²) in [5.74, 6) is 0.828. The van der Waals surface area contributed by atoms with Crippen molar-refractivity contribution in [2.45, 2.75) is 80.8 Å². The van der Waals surface area contributed by atoms with Gasteiger partial charge in [-0.25, -0.2) is 18.9 Å². The smallest absolute Gasteiger partial charge is 0.211 e. The Morgan fingerprint density at radius 2 is 2.00 bits per heavy atom. The number of hydrogen-bond acceptors (Lipinski definition) is 7. The molecule has 2 atom stereocenters. The SMILES string of the molecule is [2H]C([2H])([2H])Cc1nccc(Sc2c(C)nc(N3CCC4(CC3)Cc3ncccc3[C@H]4N[S@@](=O)C(C)(C)C)n3ccnc23)c1Cl. The minimum absolute atomic E-state index is 0.0320. The monoisotopic (exact) mass is 612 g/mol. The van der Waals surface area contributed by atoms with E-state index in [-0.39, 0.29) is 22.6 Å². The van der Waals surface area contributed by atoms with E-state index in [1.807, 2.05) is 50.6 Å². The molecule has 1 saturated heterocycles. The van der Waals surface area contributed by atoms with Crippen LogP contribution >= 0.6 is 23.4 Å². The molecule has 0 bridgehead atoms. The van der Waals surface area contributed by atoms with Gasteiger partial charge in [-0.1, -0.05) is 36.3 Å². The van der Waals surface area contributed by atoms with E-state index in [4.69, 9.17) is 25.7 Å². The molecule has 8 nitrogen and oxygen atoms in total.